The Morgan fingerprint density at radius 3 is 2.96 bits per heavy atom. The molecule has 6 heteroatoms. The molecule has 1 aliphatic rings. The SMILES string of the molecule is C[C@@H](OCC[C@H]1CCCN(C(=O)OC(C)(C)C)C1)c1nccs1. The van der Waals surface area contributed by atoms with Crippen LogP contribution in [-0.4, -0.2) is 41.3 Å². The zero-order chi connectivity index (χ0) is 16.9. The summed E-state index contributed by atoms with van der Waals surface area (Å²) in [6.45, 7) is 10.0. The van der Waals surface area contributed by atoms with Crippen molar-refractivity contribution >= 4 is 17.4 Å². The summed E-state index contributed by atoms with van der Waals surface area (Å²) in [5.41, 5.74) is -0.434. The third-order valence-electron chi connectivity index (χ3n) is 3.86. The van der Waals surface area contributed by atoms with Gasteiger partial charge in [-0.05, 0) is 52.9 Å². The predicted molar refractivity (Wildman–Crippen MR) is 91.6 cm³/mol. The van der Waals surface area contributed by atoms with E-state index in [4.69, 9.17) is 9.47 Å². The standard InChI is InChI=1S/C17H28N2O3S/c1-13(15-18-8-11-23-15)21-10-7-14-6-5-9-19(12-14)16(20)22-17(2,3)4/h8,11,13-14H,5-7,9-10,12H2,1-4H3/t13-,14-/m1/s1. The highest BCUT2D eigenvalue weighted by molar-refractivity contribution is 7.09. The molecule has 1 aliphatic heterocycles. The van der Waals surface area contributed by atoms with E-state index in [2.05, 4.69) is 4.98 Å². The van der Waals surface area contributed by atoms with E-state index < -0.39 is 5.60 Å². The average molecular weight is 340 g/mol. The normalized spacial score (nSPS) is 20.3. The second-order valence-corrected chi connectivity index (χ2v) is 8.03. The second-order valence-electron chi connectivity index (χ2n) is 7.11. The molecule has 0 spiro atoms. The van der Waals surface area contributed by atoms with Crippen molar-refractivity contribution in [1.82, 2.24) is 9.88 Å². The summed E-state index contributed by atoms with van der Waals surface area (Å²) >= 11 is 1.62. The first-order valence-electron chi connectivity index (χ1n) is 8.34. The van der Waals surface area contributed by atoms with Gasteiger partial charge in [0, 0.05) is 31.3 Å². The third kappa shape index (κ3) is 6.11. The van der Waals surface area contributed by atoms with Gasteiger partial charge in [0.1, 0.15) is 16.7 Å². The maximum atomic E-state index is 12.2. The number of hydrogen-bond acceptors (Lipinski definition) is 5. The van der Waals surface area contributed by atoms with Crippen LogP contribution in [0.15, 0.2) is 11.6 Å². The average Bonchev–Trinajstić information content (AvgIpc) is 3.00. The lowest BCUT2D eigenvalue weighted by Gasteiger charge is -2.34. The second kappa shape index (κ2) is 8.11. The Morgan fingerprint density at radius 1 is 1.52 bits per heavy atom. The molecule has 1 aromatic heterocycles. The van der Waals surface area contributed by atoms with Crippen molar-refractivity contribution in [2.75, 3.05) is 19.7 Å². The highest BCUT2D eigenvalue weighted by Crippen LogP contribution is 2.24. The van der Waals surface area contributed by atoms with Crippen LogP contribution >= 0.6 is 11.3 Å². The van der Waals surface area contributed by atoms with Crippen molar-refractivity contribution in [1.29, 1.82) is 0 Å². The summed E-state index contributed by atoms with van der Waals surface area (Å²) in [4.78, 5) is 18.3. The molecule has 0 unspecified atom stereocenters. The largest absolute Gasteiger partial charge is 0.444 e. The van der Waals surface area contributed by atoms with Gasteiger partial charge in [0.05, 0.1) is 0 Å². The van der Waals surface area contributed by atoms with E-state index in [9.17, 15) is 4.79 Å². The van der Waals surface area contributed by atoms with Crippen molar-refractivity contribution in [3.8, 4) is 0 Å². The molecular formula is C17H28N2O3S. The number of thiazole rings is 1. The molecule has 1 aromatic rings. The van der Waals surface area contributed by atoms with Gasteiger partial charge < -0.3 is 14.4 Å². The molecule has 2 rings (SSSR count). The Morgan fingerprint density at radius 2 is 2.30 bits per heavy atom. The minimum absolute atomic E-state index is 0.0422. The van der Waals surface area contributed by atoms with E-state index in [0.717, 1.165) is 37.4 Å². The number of nitrogens with zero attached hydrogens (tertiary/aromatic N) is 2. The fourth-order valence-corrected chi connectivity index (χ4v) is 3.35. The highest BCUT2D eigenvalue weighted by Gasteiger charge is 2.27. The quantitative estimate of drug-likeness (QED) is 0.804. The maximum Gasteiger partial charge on any atom is 0.410 e. The first-order valence-corrected chi connectivity index (χ1v) is 9.22. The Bertz CT molecular complexity index is 485. The van der Waals surface area contributed by atoms with Crippen molar-refractivity contribution in [3.63, 3.8) is 0 Å². The molecule has 1 amide bonds. The smallest absolute Gasteiger partial charge is 0.410 e. The van der Waals surface area contributed by atoms with E-state index in [1.54, 1.807) is 17.5 Å². The molecule has 0 radical (unpaired) electrons. The number of amides is 1. The number of ether oxygens (including phenoxy) is 2. The van der Waals surface area contributed by atoms with E-state index in [0.29, 0.717) is 12.5 Å². The Kier molecular flexibility index (Phi) is 6.41. The Hall–Kier alpha value is -1.14. The molecule has 1 fully saturated rings. The summed E-state index contributed by atoms with van der Waals surface area (Å²) in [5.74, 6) is 0.486. The van der Waals surface area contributed by atoms with Crippen LogP contribution in [0.4, 0.5) is 4.79 Å². The number of carbonyl (C=O) groups is 1. The number of piperidine rings is 1. The molecular weight excluding hydrogens is 312 g/mol. The molecule has 0 aromatic carbocycles. The lowest BCUT2D eigenvalue weighted by atomic mass is 9.95. The Balaban J connectivity index is 1.72. The number of carbonyl (C=O) groups excluding carboxylic acids is 1. The van der Waals surface area contributed by atoms with Gasteiger partial charge in [0.2, 0.25) is 0 Å². The molecule has 130 valence electrons. The van der Waals surface area contributed by atoms with Crippen LogP contribution in [0.3, 0.4) is 0 Å². The summed E-state index contributed by atoms with van der Waals surface area (Å²) < 4.78 is 11.3. The highest BCUT2D eigenvalue weighted by atomic mass is 32.1. The number of likely N-dealkylation sites (tertiary alicyclic amines) is 1. The van der Waals surface area contributed by atoms with E-state index in [-0.39, 0.29) is 12.2 Å². The van der Waals surface area contributed by atoms with Crippen LogP contribution < -0.4 is 0 Å². The van der Waals surface area contributed by atoms with Gasteiger partial charge in [-0.15, -0.1) is 11.3 Å². The molecule has 0 bridgehead atoms. The molecule has 5 nitrogen and oxygen atoms in total. The van der Waals surface area contributed by atoms with Gasteiger partial charge in [0.15, 0.2) is 0 Å². The minimum atomic E-state index is -0.434. The fourth-order valence-electron chi connectivity index (χ4n) is 2.71. The van der Waals surface area contributed by atoms with Crippen LogP contribution in [0.1, 0.15) is 58.1 Å². The van der Waals surface area contributed by atoms with Crippen LogP contribution in [0.2, 0.25) is 0 Å². The molecule has 23 heavy (non-hydrogen) atoms. The maximum absolute atomic E-state index is 12.2. The lowest BCUT2D eigenvalue weighted by molar-refractivity contribution is 0.0106. The van der Waals surface area contributed by atoms with Gasteiger partial charge in [-0.2, -0.15) is 0 Å². The summed E-state index contributed by atoms with van der Waals surface area (Å²) in [6, 6.07) is 0. The summed E-state index contributed by atoms with van der Waals surface area (Å²) in [5, 5.41) is 2.98. The van der Waals surface area contributed by atoms with Crippen molar-refractivity contribution in [3.05, 3.63) is 16.6 Å². The molecule has 2 atom stereocenters. The predicted octanol–water partition coefficient (Wildman–Crippen LogP) is 4.26. The molecule has 1 saturated heterocycles. The lowest BCUT2D eigenvalue weighted by Crippen LogP contribution is -2.43. The monoisotopic (exact) mass is 340 g/mol. The molecule has 0 aliphatic carbocycles. The van der Waals surface area contributed by atoms with Crippen LogP contribution in [0.5, 0.6) is 0 Å². The van der Waals surface area contributed by atoms with Gasteiger partial charge in [-0.25, -0.2) is 9.78 Å². The topological polar surface area (TPSA) is 51.7 Å². The molecule has 2 heterocycles. The van der Waals surface area contributed by atoms with Crippen molar-refractivity contribution < 1.29 is 14.3 Å². The summed E-state index contributed by atoms with van der Waals surface area (Å²) in [7, 11) is 0. The third-order valence-corrected chi connectivity index (χ3v) is 4.80. The van der Waals surface area contributed by atoms with E-state index >= 15 is 0 Å². The fraction of sp³-hybridized carbons (Fsp3) is 0.765. The molecule has 0 saturated carbocycles. The molecule has 0 N–H and O–H groups in total. The van der Waals surface area contributed by atoms with Crippen LogP contribution in [0.25, 0.3) is 0 Å². The zero-order valence-corrected chi connectivity index (χ0v) is 15.4. The number of aromatic nitrogens is 1. The summed E-state index contributed by atoms with van der Waals surface area (Å²) in [6.07, 6.45) is 4.80. The number of hydrogen-bond donors (Lipinski definition) is 0. The van der Waals surface area contributed by atoms with Crippen molar-refractivity contribution in [2.24, 2.45) is 5.92 Å². The van der Waals surface area contributed by atoms with Gasteiger partial charge in [0.25, 0.3) is 0 Å². The first kappa shape index (κ1) is 18.2. The van der Waals surface area contributed by atoms with E-state index in [1.165, 1.54) is 0 Å². The minimum Gasteiger partial charge on any atom is -0.444 e. The van der Waals surface area contributed by atoms with E-state index in [1.807, 2.05) is 38.0 Å². The van der Waals surface area contributed by atoms with Gasteiger partial charge in [-0.3, -0.25) is 0 Å². The first-order chi connectivity index (χ1) is 10.8. The van der Waals surface area contributed by atoms with Crippen LogP contribution in [0, 0.1) is 5.92 Å². The number of rotatable bonds is 5. The van der Waals surface area contributed by atoms with Gasteiger partial charge >= 0.3 is 6.09 Å². The Labute approximate surface area is 143 Å². The van der Waals surface area contributed by atoms with Crippen molar-refractivity contribution in [2.45, 2.75) is 58.7 Å². The van der Waals surface area contributed by atoms with Crippen LogP contribution in [-0.2, 0) is 9.47 Å². The zero-order valence-electron chi connectivity index (χ0n) is 14.6. The van der Waals surface area contributed by atoms with Gasteiger partial charge in [-0.1, -0.05) is 0 Å².